The number of carbonyl (C=O) groups excluding carboxylic acids is 4. The van der Waals surface area contributed by atoms with Crippen molar-refractivity contribution in [1.82, 2.24) is 10.2 Å². The monoisotopic (exact) mass is 517 g/mol. The number of thioether (sulfide) groups is 2. The van der Waals surface area contributed by atoms with Crippen LogP contribution >= 0.6 is 23.5 Å². The van der Waals surface area contributed by atoms with E-state index >= 15 is 0 Å². The van der Waals surface area contributed by atoms with Crippen LogP contribution in [0.4, 0.5) is 5.69 Å². The summed E-state index contributed by atoms with van der Waals surface area (Å²) in [5.41, 5.74) is 2.18. The number of anilines is 1. The molecular weight excluding hydrogens is 494 g/mol. The van der Waals surface area contributed by atoms with Gasteiger partial charge in [-0.15, -0.1) is 23.5 Å². The van der Waals surface area contributed by atoms with Crippen LogP contribution in [0.2, 0.25) is 0 Å². The third kappa shape index (κ3) is 4.18. The van der Waals surface area contributed by atoms with Gasteiger partial charge in [-0.05, 0) is 66.6 Å². The lowest BCUT2D eigenvalue weighted by Crippen LogP contribution is -2.66. The lowest BCUT2D eigenvalue weighted by molar-refractivity contribution is -0.133. The number of rotatable bonds is 7. The molecule has 0 spiro atoms. The summed E-state index contributed by atoms with van der Waals surface area (Å²) in [6.07, 6.45) is 3.98. The number of carbonyl (C=O) groups is 4. The fourth-order valence-corrected chi connectivity index (χ4v) is 5.36. The summed E-state index contributed by atoms with van der Waals surface area (Å²) >= 11 is 3.23. The fourth-order valence-electron chi connectivity index (χ4n) is 4.55. The molecule has 36 heavy (non-hydrogen) atoms. The highest BCUT2D eigenvalue weighted by molar-refractivity contribution is 7.98. The number of amides is 4. The molecule has 1 fully saturated rings. The maximum atomic E-state index is 13.3. The van der Waals surface area contributed by atoms with Gasteiger partial charge in [0.25, 0.3) is 17.7 Å². The van der Waals surface area contributed by atoms with Crippen LogP contribution in [0, 0.1) is 0 Å². The molecule has 2 aliphatic heterocycles. The zero-order chi connectivity index (χ0) is 25.4. The fraction of sp³-hybridized carbons (Fsp3) is 0.185. The molecule has 9 heteroatoms. The van der Waals surface area contributed by atoms with E-state index in [0.717, 1.165) is 25.9 Å². The Kier molecular flexibility index (Phi) is 6.59. The number of nitrogens with one attached hydrogen (secondary N) is 1. The molecule has 2 aliphatic rings. The molecule has 5 rings (SSSR count). The first-order valence-corrected chi connectivity index (χ1v) is 13.7. The molecule has 2 atom stereocenters. The van der Waals surface area contributed by atoms with Gasteiger partial charge < -0.3 is 10.2 Å². The van der Waals surface area contributed by atoms with Crippen molar-refractivity contribution in [1.29, 1.82) is 0 Å². The van der Waals surface area contributed by atoms with E-state index in [4.69, 9.17) is 0 Å². The minimum Gasteiger partial charge on any atom is -0.341 e. The maximum Gasteiger partial charge on any atom is 0.262 e. The van der Waals surface area contributed by atoms with Gasteiger partial charge in [0.2, 0.25) is 5.91 Å². The largest absolute Gasteiger partial charge is 0.341 e. The van der Waals surface area contributed by atoms with Crippen molar-refractivity contribution in [3.63, 3.8) is 0 Å². The predicted octanol–water partition coefficient (Wildman–Crippen LogP) is 4.00. The molecule has 0 radical (unpaired) electrons. The SMILES string of the molecule is CSc1ccc(C2C(NC(=O)CN3C(=O)c4ccccc4C3=O)C(=O)N2c2ccc(SC)cc2)cc1. The lowest BCUT2D eigenvalue weighted by atomic mass is 9.87. The van der Waals surface area contributed by atoms with Gasteiger partial charge in [0.05, 0.1) is 17.2 Å². The standard InChI is InChI=1S/C27H23N3O4S2/c1-35-18-11-7-16(8-12-18)24-23(27(34)30(24)17-9-13-19(36-2)14-10-17)28-22(31)15-29-25(32)20-5-3-4-6-21(20)26(29)33/h3-14,23-24H,15H2,1-2H3,(H,28,31). The molecule has 0 aromatic heterocycles. The number of β-lactam (4-membered cyclic amide) rings is 1. The number of nitrogens with zero attached hydrogens (tertiary/aromatic N) is 2. The highest BCUT2D eigenvalue weighted by Crippen LogP contribution is 2.40. The van der Waals surface area contributed by atoms with E-state index in [9.17, 15) is 19.2 Å². The van der Waals surface area contributed by atoms with Crippen molar-refractivity contribution in [3.8, 4) is 0 Å². The zero-order valence-corrected chi connectivity index (χ0v) is 21.3. The Labute approximate surface area is 217 Å². The van der Waals surface area contributed by atoms with E-state index in [0.29, 0.717) is 0 Å². The third-order valence-electron chi connectivity index (χ3n) is 6.40. The summed E-state index contributed by atoms with van der Waals surface area (Å²) < 4.78 is 0. The van der Waals surface area contributed by atoms with E-state index in [1.54, 1.807) is 52.7 Å². The molecule has 182 valence electrons. The second-order valence-electron chi connectivity index (χ2n) is 8.41. The third-order valence-corrected chi connectivity index (χ3v) is 7.89. The van der Waals surface area contributed by atoms with Crippen molar-refractivity contribution in [3.05, 3.63) is 89.5 Å². The maximum absolute atomic E-state index is 13.3. The van der Waals surface area contributed by atoms with Crippen LogP contribution in [-0.4, -0.2) is 53.6 Å². The highest BCUT2D eigenvalue weighted by atomic mass is 32.2. The minimum absolute atomic E-state index is 0.249. The van der Waals surface area contributed by atoms with Crippen LogP contribution in [0.15, 0.2) is 82.6 Å². The van der Waals surface area contributed by atoms with Crippen LogP contribution in [0.1, 0.15) is 32.3 Å². The van der Waals surface area contributed by atoms with Gasteiger partial charge in [0, 0.05) is 15.5 Å². The van der Waals surface area contributed by atoms with Gasteiger partial charge in [-0.25, -0.2) is 0 Å². The topological polar surface area (TPSA) is 86.8 Å². The predicted molar refractivity (Wildman–Crippen MR) is 140 cm³/mol. The van der Waals surface area contributed by atoms with E-state index in [2.05, 4.69) is 5.32 Å². The van der Waals surface area contributed by atoms with Crippen molar-refractivity contribution < 1.29 is 19.2 Å². The second kappa shape index (κ2) is 9.83. The van der Waals surface area contributed by atoms with E-state index in [1.165, 1.54) is 0 Å². The number of hydrogen-bond donors (Lipinski definition) is 1. The quantitative estimate of drug-likeness (QED) is 0.290. The summed E-state index contributed by atoms with van der Waals surface area (Å²) in [4.78, 5) is 56.3. The van der Waals surface area contributed by atoms with E-state index in [-0.39, 0.29) is 17.0 Å². The van der Waals surface area contributed by atoms with Crippen molar-refractivity contribution >= 4 is 52.8 Å². The number of imide groups is 1. The second-order valence-corrected chi connectivity index (χ2v) is 10.2. The normalized spacial score (nSPS) is 18.8. The first-order chi connectivity index (χ1) is 17.4. The molecule has 2 heterocycles. The number of fused-ring (bicyclic) bond motifs is 1. The number of benzene rings is 3. The molecule has 0 aliphatic carbocycles. The van der Waals surface area contributed by atoms with Gasteiger partial charge in [-0.2, -0.15) is 0 Å². The molecule has 1 N–H and O–H groups in total. The molecule has 3 aromatic carbocycles. The molecule has 0 saturated carbocycles. The van der Waals surface area contributed by atoms with Crippen LogP contribution in [-0.2, 0) is 9.59 Å². The smallest absolute Gasteiger partial charge is 0.262 e. The summed E-state index contributed by atoms with van der Waals surface area (Å²) in [6, 6.07) is 20.8. The minimum atomic E-state index is -0.812. The summed E-state index contributed by atoms with van der Waals surface area (Å²) in [7, 11) is 0. The molecule has 4 amide bonds. The lowest BCUT2D eigenvalue weighted by Gasteiger charge is -2.47. The van der Waals surface area contributed by atoms with Crippen LogP contribution in [0.3, 0.4) is 0 Å². The van der Waals surface area contributed by atoms with Gasteiger partial charge in [-0.1, -0.05) is 24.3 Å². The van der Waals surface area contributed by atoms with Crippen molar-refractivity contribution in [2.75, 3.05) is 24.0 Å². The van der Waals surface area contributed by atoms with Crippen molar-refractivity contribution in [2.24, 2.45) is 0 Å². The Morgan fingerprint density at radius 3 is 1.86 bits per heavy atom. The first-order valence-electron chi connectivity index (χ1n) is 11.3. The zero-order valence-electron chi connectivity index (χ0n) is 19.6. The Hall–Kier alpha value is -3.56. The van der Waals surface area contributed by atoms with Crippen LogP contribution < -0.4 is 10.2 Å². The van der Waals surface area contributed by atoms with E-state index in [1.807, 2.05) is 61.0 Å². The molecule has 1 saturated heterocycles. The first kappa shape index (κ1) is 24.1. The van der Waals surface area contributed by atoms with E-state index < -0.39 is 36.3 Å². The number of hydrogen-bond acceptors (Lipinski definition) is 6. The molecule has 2 unspecified atom stereocenters. The van der Waals surface area contributed by atoms with Crippen molar-refractivity contribution in [2.45, 2.75) is 21.9 Å². The molecule has 7 nitrogen and oxygen atoms in total. The summed E-state index contributed by atoms with van der Waals surface area (Å²) in [5.74, 6) is -1.83. The van der Waals surface area contributed by atoms with Gasteiger partial charge in [-0.3, -0.25) is 24.1 Å². The van der Waals surface area contributed by atoms with Crippen LogP contribution in [0.25, 0.3) is 0 Å². The Morgan fingerprint density at radius 1 is 0.806 bits per heavy atom. The van der Waals surface area contributed by atoms with Crippen LogP contribution in [0.5, 0.6) is 0 Å². The van der Waals surface area contributed by atoms with Gasteiger partial charge in [0.1, 0.15) is 12.6 Å². The highest BCUT2D eigenvalue weighted by Gasteiger charge is 2.50. The summed E-state index contributed by atoms with van der Waals surface area (Å²) in [6.45, 7) is -0.448. The Bertz CT molecular complexity index is 1320. The average Bonchev–Trinajstić information content (AvgIpc) is 3.15. The van der Waals surface area contributed by atoms with Gasteiger partial charge >= 0.3 is 0 Å². The Morgan fingerprint density at radius 2 is 1.33 bits per heavy atom. The van der Waals surface area contributed by atoms with Gasteiger partial charge in [0.15, 0.2) is 0 Å². The molecular formula is C27H23N3O4S2. The average molecular weight is 518 g/mol. The summed E-state index contributed by atoms with van der Waals surface area (Å²) in [5, 5.41) is 2.77. The Balaban J connectivity index is 1.37. The molecule has 0 bridgehead atoms. The molecule has 3 aromatic rings.